The van der Waals surface area contributed by atoms with Crippen molar-refractivity contribution in [3.05, 3.63) is 84.9 Å². The number of nitrogens with two attached hydrogens (primary N) is 5. The average Bonchev–Trinajstić information content (AvgIpc) is 2.77. The van der Waals surface area contributed by atoms with Crippen molar-refractivity contribution in [2.24, 2.45) is 0 Å². The second-order valence-corrected chi connectivity index (χ2v) is 7.05. The zero-order valence-electron chi connectivity index (χ0n) is 17.4. The summed E-state index contributed by atoms with van der Waals surface area (Å²) in [6, 6.07) is 26.2. The van der Waals surface area contributed by atoms with Gasteiger partial charge >= 0.3 is 0 Å². The van der Waals surface area contributed by atoms with E-state index in [1.165, 1.54) is 0 Å². The number of ether oxygens (including phenoxy) is 1. The van der Waals surface area contributed by atoms with Crippen LogP contribution in [0.2, 0.25) is 0 Å². The van der Waals surface area contributed by atoms with Gasteiger partial charge in [-0.05, 0) is 71.8 Å². The summed E-state index contributed by atoms with van der Waals surface area (Å²) in [5.74, 6) is 0.805. The summed E-state index contributed by atoms with van der Waals surface area (Å²) in [4.78, 5) is 0. The minimum Gasteiger partial charge on any atom is -0.497 e. The van der Waals surface area contributed by atoms with Gasteiger partial charge in [0.2, 0.25) is 0 Å². The van der Waals surface area contributed by atoms with E-state index < -0.39 is 0 Å². The lowest BCUT2D eigenvalue weighted by Gasteiger charge is -2.08. The maximum Gasteiger partial charge on any atom is 0.119 e. The highest BCUT2D eigenvalue weighted by molar-refractivity contribution is 5.81. The van der Waals surface area contributed by atoms with Gasteiger partial charge in [0, 0.05) is 39.6 Å². The van der Waals surface area contributed by atoms with Gasteiger partial charge in [-0.25, -0.2) is 0 Å². The SMILES string of the molecule is COc1cccc(-c2cc(N)ccc2N)c1.Nc1cccc(-c2cc(N)ccc2N)c1. The third-order valence-corrected chi connectivity index (χ3v) is 4.73. The Labute approximate surface area is 182 Å². The largest absolute Gasteiger partial charge is 0.497 e. The number of benzene rings is 4. The van der Waals surface area contributed by atoms with Crippen LogP contribution in [0, 0.1) is 0 Å². The molecule has 0 aliphatic rings. The van der Waals surface area contributed by atoms with Crippen LogP contribution in [0.4, 0.5) is 28.4 Å². The molecule has 6 nitrogen and oxygen atoms in total. The average molecular weight is 414 g/mol. The highest BCUT2D eigenvalue weighted by atomic mass is 16.5. The van der Waals surface area contributed by atoms with E-state index in [-0.39, 0.29) is 0 Å². The molecular weight excluding hydrogens is 386 g/mol. The third kappa shape index (κ3) is 5.39. The Balaban J connectivity index is 0.000000176. The number of methoxy groups -OCH3 is 1. The Morgan fingerprint density at radius 2 is 1.00 bits per heavy atom. The lowest BCUT2D eigenvalue weighted by Crippen LogP contribution is -1.93. The fraction of sp³-hybridized carbons (Fsp3) is 0.0400. The second-order valence-electron chi connectivity index (χ2n) is 7.05. The first kappa shape index (κ1) is 21.4. The van der Waals surface area contributed by atoms with Gasteiger partial charge in [0.05, 0.1) is 7.11 Å². The molecule has 0 atom stereocenters. The van der Waals surface area contributed by atoms with Gasteiger partial charge in [0.25, 0.3) is 0 Å². The summed E-state index contributed by atoms with van der Waals surface area (Å²) in [7, 11) is 1.64. The van der Waals surface area contributed by atoms with Gasteiger partial charge in [-0.2, -0.15) is 0 Å². The number of anilines is 5. The molecule has 158 valence electrons. The Morgan fingerprint density at radius 3 is 1.52 bits per heavy atom. The van der Waals surface area contributed by atoms with Crippen molar-refractivity contribution in [1.29, 1.82) is 0 Å². The molecule has 0 saturated heterocycles. The summed E-state index contributed by atoms with van der Waals surface area (Å²) in [5, 5.41) is 0. The van der Waals surface area contributed by atoms with E-state index in [0.717, 1.165) is 28.0 Å². The molecule has 0 radical (unpaired) electrons. The van der Waals surface area contributed by atoms with Gasteiger partial charge in [-0.15, -0.1) is 0 Å². The molecule has 4 aromatic rings. The Morgan fingerprint density at radius 1 is 0.516 bits per heavy atom. The van der Waals surface area contributed by atoms with Crippen molar-refractivity contribution >= 4 is 28.4 Å². The first-order valence-electron chi connectivity index (χ1n) is 9.67. The van der Waals surface area contributed by atoms with Gasteiger partial charge in [-0.1, -0.05) is 24.3 Å². The lowest BCUT2D eigenvalue weighted by molar-refractivity contribution is 0.415. The molecule has 0 heterocycles. The van der Waals surface area contributed by atoms with Gasteiger partial charge in [0.1, 0.15) is 5.75 Å². The number of hydrogen-bond donors (Lipinski definition) is 5. The monoisotopic (exact) mass is 413 g/mol. The van der Waals surface area contributed by atoms with E-state index >= 15 is 0 Å². The fourth-order valence-electron chi connectivity index (χ4n) is 3.14. The smallest absolute Gasteiger partial charge is 0.119 e. The van der Waals surface area contributed by atoms with E-state index in [2.05, 4.69) is 0 Å². The Hall–Kier alpha value is -4.32. The topological polar surface area (TPSA) is 139 Å². The molecule has 4 aromatic carbocycles. The number of rotatable bonds is 3. The Kier molecular flexibility index (Phi) is 6.52. The molecule has 0 amide bonds. The minimum atomic E-state index is 0.696. The first-order chi connectivity index (χ1) is 14.9. The van der Waals surface area contributed by atoms with Crippen LogP contribution in [0.3, 0.4) is 0 Å². The molecule has 0 bridgehead atoms. The van der Waals surface area contributed by atoms with E-state index in [1.54, 1.807) is 25.3 Å². The van der Waals surface area contributed by atoms with Crippen molar-refractivity contribution in [1.82, 2.24) is 0 Å². The van der Waals surface area contributed by atoms with Crippen molar-refractivity contribution in [3.8, 4) is 28.0 Å². The van der Waals surface area contributed by atoms with Crippen LogP contribution in [0.5, 0.6) is 5.75 Å². The highest BCUT2D eigenvalue weighted by Gasteiger charge is 2.04. The molecule has 0 aliphatic carbocycles. The molecule has 0 aliphatic heterocycles. The summed E-state index contributed by atoms with van der Waals surface area (Å²) >= 11 is 0. The zero-order chi connectivity index (χ0) is 22.4. The van der Waals surface area contributed by atoms with Crippen LogP contribution >= 0.6 is 0 Å². The first-order valence-corrected chi connectivity index (χ1v) is 9.67. The molecule has 0 fully saturated rings. The normalized spacial score (nSPS) is 10.1. The molecule has 0 saturated carbocycles. The third-order valence-electron chi connectivity index (χ3n) is 4.73. The second kappa shape index (κ2) is 9.45. The maximum atomic E-state index is 5.92. The van der Waals surface area contributed by atoms with Crippen molar-refractivity contribution in [2.45, 2.75) is 0 Å². The quantitative estimate of drug-likeness (QED) is 0.310. The standard InChI is InChI=1S/C13H14N2O.C12H13N3/c1-16-11-4-2-3-9(7-11)12-8-10(14)5-6-13(12)15;13-9-3-1-2-8(6-9)11-7-10(14)4-5-12(11)15/h2-8H,14-15H2,1H3;1-7H,13-15H2. The van der Waals surface area contributed by atoms with Crippen LogP contribution in [-0.2, 0) is 0 Å². The van der Waals surface area contributed by atoms with Crippen molar-refractivity contribution < 1.29 is 4.74 Å². The lowest BCUT2D eigenvalue weighted by atomic mass is 10.0. The number of hydrogen-bond acceptors (Lipinski definition) is 6. The van der Waals surface area contributed by atoms with Crippen molar-refractivity contribution in [2.75, 3.05) is 35.8 Å². The molecule has 31 heavy (non-hydrogen) atoms. The molecule has 0 aromatic heterocycles. The summed E-state index contributed by atoms with van der Waals surface area (Å²) < 4.78 is 5.17. The van der Waals surface area contributed by atoms with E-state index in [0.29, 0.717) is 28.4 Å². The number of nitrogen functional groups attached to an aromatic ring is 5. The summed E-state index contributed by atoms with van der Waals surface area (Å²) in [5.41, 5.74) is 36.3. The molecular formula is C25H27N5O. The Bertz CT molecular complexity index is 1190. The predicted molar refractivity (Wildman–Crippen MR) is 132 cm³/mol. The predicted octanol–water partition coefficient (Wildman–Crippen LogP) is 4.63. The van der Waals surface area contributed by atoms with E-state index in [1.807, 2.05) is 66.7 Å². The maximum absolute atomic E-state index is 5.92. The van der Waals surface area contributed by atoms with Gasteiger partial charge in [-0.3, -0.25) is 0 Å². The van der Waals surface area contributed by atoms with Gasteiger partial charge < -0.3 is 33.4 Å². The molecule has 6 heteroatoms. The fourth-order valence-corrected chi connectivity index (χ4v) is 3.14. The van der Waals surface area contributed by atoms with Crippen LogP contribution in [-0.4, -0.2) is 7.11 Å². The van der Waals surface area contributed by atoms with Crippen LogP contribution in [0.25, 0.3) is 22.3 Å². The summed E-state index contributed by atoms with van der Waals surface area (Å²) in [6.07, 6.45) is 0. The highest BCUT2D eigenvalue weighted by Crippen LogP contribution is 2.30. The van der Waals surface area contributed by atoms with Crippen molar-refractivity contribution in [3.63, 3.8) is 0 Å². The molecule has 0 unspecified atom stereocenters. The van der Waals surface area contributed by atoms with Crippen LogP contribution < -0.4 is 33.4 Å². The molecule has 4 rings (SSSR count). The zero-order valence-corrected chi connectivity index (χ0v) is 17.4. The van der Waals surface area contributed by atoms with Crippen LogP contribution in [0.15, 0.2) is 84.9 Å². The molecule has 10 N–H and O–H groups in total. The van der Waals surface area contributed by atoms with Gasteiger partial charge in [0.15, 0.2) is 0 Å². The van der Waals surface area contributed by atoms with E-state index in [9.17, 15) is 0 Å². The van der Waals surface area contributed by atoms with Crippen LogP contribution in [0.1, 0.15) is 0 Å². The molecule has 0 spiro atoms. The minimum absolute atomic E-state index is 0.696. The summed E-state index contributed by atoms with van der Waals surface area (Å²) in [6.45, 7) is 0. The van der Waals surface area contributed by atoms with E-state index in [4.69, 9.17) is 33.4 Å².